The molecule has 0 unspecified atom stereocenters. The Morgan fingerprint density at radius 3 is 2.42 bits per heavy atom. The van der Waals surface area contributed by atoms with Crippen molar-refractivity contribution < 1.29 is 4.79 Å². The quantitative estimate of drug-likeness (QED) is 0.313. The first kappa shape index (κ1) is 22.6. The van der Waals surface area contributed by atoms with E-state index in [1.54, 1.807) is 6.07 Å². The molecule has 0 radical (unpaired) electrons. The Hall–Kier alpha value is -3.64. The van der Waals surface area contributed by atoms with Crippen molar-refractivity contribution in [2.45, 2.75) is 25.3 Å². The number of carbonyl (C=O) groups excluding carboxylic acids is 1. The van der Waals surface area contributed by atoms with Gasteiger partial charge in [0.05, 0.1) is 6.54 Å². The van der Waals surface area contributed by atoms with Gasteiger partial charge in [0.2, 0.25) is 5.91 Å². The van der Waals surface area contributed by atoms with Crippen molar-refractivity contribution in [3.63, 3.8) is 0 Å². The number of anilines is 2. The largest absolute Gasteiger partial charge is 0.384 e. The second-order valence-corrected chi connectivity index (χ2v) is 8.50. The van der Waals surface area contributed by atoms with E-state index >= 15 is 0 Å². The van der Waals surface area contributed by atoms with E-state index in [-0.39, 0.29) is 18.3 Å². The molecule has 3 aromatic rings. The van der Waals surface area contributed by atoms with Gasteiger partial charge in [0.25, 0.3) is 0 Å². The summed E-state index contributed by atoms with van der Waals surface area (Å²) in [6.45, 7) is 2.88. The van der Waals surface area contributed by atoms with Gasteiger partial charge in [-0.25, -0.2) is 0 Å². The lowest BCUT2D eigenvalue weighted by Gasteiger charge is -2.25. The lowest BCUT2D eigenvalue weighted by atomic mass is 9.90. The minimum Gasteiger partial charge on any atom is -0.384 e. The van der Waals surface area contributed by atoms with Crippen LogP contribution in [0.15, 0.2) is 78.9 Å². The molecule has 0 bridgehead atoms. The zero-order valence-electron chi connectivity index (χ0n) is 18.8. The van der Waals surface area contributed by atoms with Crippen LogP contribution in [0.25, 0.3) is 0 Å². The molecule has 1 aliphatic rings. The highest BCUT2D eigenvalue weighted by atomic mass is 16.2. The molecule has 0 atom stereocenters. The third kappa shape index (κ3) is 6.20. The molecule has 170 valence electrons. The summed E-state index contributed by atoms with van der Waals surface area (Å²) in [7, 11) is 0. The molecule has 6 nitrogen and oxygen atoms in total. The van der Waals surface area contributed by atoms with Crippen molar-refractivity contribution in [2.24, 2.45) is 5.73 Å². The molecule has 1 amide bonds. The fraction of sp³-hybridized carbons (Fsp3) is 0.259. The fourth-order valence-corrected chi connectivity index (χ4v) is 4.28. The van der Waals surface area contributed by atoms with Gasteiger partial charge < -0.3 is 21.3 Å². The number of amidine groups is 1. The number of amides is 1. The van der Waals surface area contributed by atoms with Gasteiger partial charge >= 0.3 is 0 Å². The molecule has 1 fully saturated rings. The van der Waals surface area contributed by atoms with Crippen LogP contribution in [0, 0.1) is 5.41 Å². The number of rotatable bonds is 8. The second-order valence-electron chi connectivity index (χ2n) is 8.50. The van der Waals surface area contributed by atoms with E-state index < -0.39 is 0 Å². The number of carbonyl (C=O) groups is 1. The Labute approximate surface area is 195 Å². The monoisotopic (exact) mass is 441 g/mol. The summed E-state index contributed by atoms with van der Waals surface area (Å²) >= 11 is 0. The van der Waals surface area contributed by atoms with Crippen LogP contribution in [-0.2, 0) is 11.3 Å². The minimum absolute atomic E-state index is 0.00907. The van der Waals surface area contributed by atoms with Crippen molar-refractivity contribution in [2.75, 3.05) is 29.9 Å². The lowest BCUT2D eigenvalue weighted by molar-refractivity contribution is -0.115. The molecule has 4 rings (SSSR count). The van der Waals surface area contributed by atoms with Crippen molar-refractivity contribution in [3.05, 3.63) is 95.6 Å². The summed E-state index contributed by atoms with van der Waals surface area (Å²) in [6, 6.07) is 25.7. The number of hydrogen-bond donors (Lipinski definition) is 4. The van der Waals surface area contributed by atoms with Gasteiger partial charge in [0.1, 0.15) is 5.84 Å². The first-order valence-corrected chi connectivity index (χ1v) is 11.4. The minimum atomic E-state index is -0.0891. The van der Waals surface area contributed by atoms with Crippen molar-refractivity contribution in [1.29, 1.82) is 5.41 Å². The molecule has 5 N–H and O–H groups in total. The third-order valence-electron chi connectivity index (χ3n) is 6.08. The normalized spacial score (nSPS) is 13.9. The number of nitrogens with zero attached hydrogens (tertiary/aromatic N) is 1. The molecule has 1 aliphatic heterocycles. The zero-order chi connectivity index (χ0) is 23.0. The summed E-state index contributed by atoms with van der Waals surface area (Å²) in [5.41, 5.74) is 10.4. The topological polar surface area (TPSA) is 94.2 Å². The maximum atomic E-state index is 13.0. The number of nitrogen functional groups attached to an aromatic ring is 1. The molecule has 0 aromatic heterocycles. The average Bonchev–Trinajstić information content (AvgIpc) is 2.85. The summed E-state index contributed by atoms with van der Waals surface area (Å²) in [5.74, 6) is 0.509. The highest BCUT2D eigenvalue weighted by molar-refractivity contribution is 5.97. The highest BCUT2D eigenvalue weighted by Gasteiger charge is 2.16. The summed E-state index contributed by atoms with van der Waals surface area (Å²) in [4.78, 5) is 15.0. The van der Waals surface area contributed by atoms with E-state index in [1.165, 1.54) is 5.56 Å². The SMILES string of the molecule is N=C(N)c1cccc(N(CC(=O)Nc2ccc(C3CCNCC3)cc2)Cc2ccccc2)c1. The zero-order valence-corrected chi connectivity index (χ0v) is 18.8. The van der Waals surface area contributed by atoms with E-state index in [1.807, 2.05) is 65.6 Å². The van der Waals surface area contributed by atoms with E-state index in [0.717, 1.165) is 42.9 Å². The molecular formula is C27H31N5O. The average molecular weight is 442 g/mol. The molecule has 1 saturated heterocycles. The Kier molecular flexibility index (Phi) is 7.37. The molecule has 1 heterocycles. The van der Waals surface area contributed by atoms with E-state index in [9.17, 15) is 4.79 Å². The predicted octanol–water partition coefficient (Wildman–Crippen LogP) is 4.08. The van der Waals surface area contributed by atoms with Crippen LogP contribution in [-0.4, -0.2) is 31.4 Å². The molecule has 0 aliphatic carbocycles. The van der Waals surface area contributed by atoms with Crippen LogP contribution in [0.4, 0.5) is 11.4 Å². The van der Waals surface area contributed by atoms with E-state index in [4.69, 9.17) is 11.1 Å². The number of nitrogens with one attached hydrogen (secondary N) is 3. The van der Waals surface area contributed by atoms with Gasteiger partial charge in [-0.15, -0.1) is 0 Å². The van der Waals surface area contributed by atoms with Gasteiger partial charge in [-0.05, 0) is 67.2 Å². The summed E-state index contributed by atoms with van der Waals surface area (Å²) in [6.07, 6.45) is 2.30. The first-order chi connectivity index (χ1) is 16.1. The number of nitrogens with two attached hydrogens (primary N) is 1. The Bertz CT molecular complexity index is 1080. The highest BCUT2D eigenvalue weighted by Crippen LogP contribution is 2.26. The molecule has 3 aromatic carbocycles. The van der Waals surface area contributed by atoms with Gasteiger partial charge in [0.15, 0.2) is 0 Å². The van der Waals surface area contributed by atoms with Crippen LogP contribution >= 0.6 is 0 Å². The Balaban J connectivity index is 1.46. The number of benzene rings is 3. The van der Waals surface area contributed by atoms with Crippen molar-refractivity contribution in [1.82, 2.24) is 5.32 Å². The first-order valence-electron chi connectivity index (χ1n) is 11.4. The van der Waals surface area contributed by atoms with E-state index in [0.29, 0.717) is 18.0 Å². The summed E-state index contributed by atoms with van der Waals surface area (Å²) in [5, 5.41) is 14.2. The fourth-order valence-electron chi connectivity index (χ4n) is 4.28. The maximum Gasteiger partial charge on any atom is 0.243 e. The van der Waals surface area contributed by atoms with Crippen molar-refractivity contribution in [3.8, 4) is 0 Å². The van der Waals surface area contributed by atoms with Crippen LogP contribution in [0.5, 0.6) is 0 Å². The third-order valence-corrected chi connectivity index (χ3v) is 6.08. The van der Waals surface area contributed by atoms with Gasteiger partial charge in [0, 0.05) is 23.5 Å². The summed E-state index contributed by atoms with van der Waals surface area (Å²) < 4.78 is 0. The molecule has 6 heteroatoms. The van der Waals surface area contributed by atoms with Gasteiger partial charge in [-0.1, -0.05) is 54.6 Å². The van der Waals surface area contributed by atoms with Crippen molar-refractivity contribution >= 4 is 23.1 Å². The molecule has 0 saturated carbocycles. The Morgan fingerprint density at radius 1 is 1.00 bits per heavy atom. The second kappa shape index (κ2) is 10.8. The number of piperidine rings is 1. The standard InChI is InChI=1S/C27H31N5O/c28-27(29)23-7-4-8-25(17-23)32(18-20-5-2-1-3-6-20)19-26(33)31-24-11-9-21(10-12-24)22-13-15-30-16-14-22/h1-12,17,22,30H,13-16,18-19H2,(H3,28,29)(H,31,33). The van der Waals surface area contributed by atoms with Crippen LogP contribution in [0.2, 0.25) is 0 Å². The number of hydrogen-bond acceptors (Lipinski definition) is 4. The molecular weight excluding hydrogens is 410 g/mol. The van der Waals surface area contributed by atoms with Gasteiger partial charge in [-0.2, -0.15) is 0 Å². The predicted molar refractivity (Wildman–Crippen MR) is 135 cm³/mol. The van der Waals surface area contributed by atoms with Crippen LogP contribution in [0.3, 0.4) is 0 Å². The van der Waals surface area contributed by atoms with E-state index in [2.05, 4.69) is 22.8 Å². The molecule has 0 spiro atoms. The Morgan fingerprint density at radius 2 is 1.73 bits per heavy atom. The maximum absolute atomic E-state index is 13.0. The van der Waals surface area contributed by atoms with Gasteiger partial charge in [-0.3, -0.25) is 10.2 Å². The lowest BCUT2D eigenvalue weighted by Crippen LogP contribution is -2.33. The molecule has 33 heavy (non-hydrogen) atoms. The van der Waals surface area contributed by atoms with Crippen LogP contribution in [0.1, 0.15) is 35.4 Å². The van der Waals surface area contributed by atoms with Crippen LogP contribution < -0.4 is 21.3 Å². The smallest absolute Gasteiger partial charge is 0.243 e.